The average molecular weight is 992 g/mol. The molecule has 0 unspecified atom stereocenters. The molecule has 7 aromatic carbocycles. The van der Waals surface area contributed by atoms with Gasteiger partial charge in [0.25, 0.3) is 6.71 Å². The summed E-state index contributed by atoms with van der Waals surface area (Å²) >= 11 is 0. The third-order valence-corrected chi connectivity index (χ3v) is 16.3. The van der Waals surface area contributed by atoms with Crippen LogP contribution in [-0.2, 0) is 33.5 Å². The molecular formula is C71H86BN3. The highest BCUT2D eigenvalue weighted by Crippen LogP contribution is 2.51. The zero-order chi connectivity index (χ0) is 54.6. The molecular weight excluding hydrogens is 906 g/mol. The fourth-order valence-corrected chi connectivity index (χ4v) is 12.0. The summed E-state index contributed by atoms with van der Waals surface area (Å²) in [4.78, 5) is 7.89. The Hall–Kier alpha value is -6.26. The second kappa shape index (κ2) is 18.8. The average Bonchev–Trinajstić information content (AvgIpc) is 3.32. The molecule has 0 amide bonds. The van der Waals surface area contributed by atoms with Crippen LogP contribution in [0.5, 0.6) is 0 Å². The van der Waals surface area contributed by atoms with Crippen molar-refractivity contribution in [2.75, 3.05) is 14.7 Å². The summed E-state index contributed by atoms with van der Waals surface area (Å²) in [5.74, 6) is 0. The predicted octanol–water partition coefficient (Wildman–Crippen LogP) is 18.6. The molecule has 75 heavy (non-hydrogen) atoms. The van der Waals surface area contributed by atoms with E-state index in [1.807, 2.05) is 0 Å². The van der Waals surface area contributed by atoms with Gasteiger partial charge in [-0.2, -0.15) is 0 Å². The molecule has 0 radical (unpaired) electrons. The topological polar surface area (TPSA) is 9.72 Å². The fourth-order valence-electron chi connectivity index (χ4n) is 12.0. The molecule has 7 aromatic rings. The van der Waals surface area contributed by atoms with Crippen LogP contribution in [0.15, 0.2) is 121 Å². The van der Waals surface area contributed by atoms with Crippen molar-refractivity contribution in [3.63, 3.8) is 0 Å². The van der Waals surface area contributed by atoms with E-state index >= 15 is 0 Å². The fraction of sp³-hybridized carbons (Fsp3) is 0.380. The third kappa shape index (κ3) is 9.59. The van der Waals surface area contributed by atoms with E-state index in [9.17, 15) is 0 Å². The summed E-state index contributed by atoms with van der Waals surface area (Å²) < 4.78 is 0. The summed E-state index contributed by atoms with van der Waals surface area (Å²) in [5.41, 5.74) is 29.2. The second-order valence-electron chi connectivity index (χ2n) is 27.3. The lowest BCUT2D eigenvalue weighted by Crippen LogP contribution is -2.61. The molecule has 2 heterocycles. The van der Waals surface area contributed by atoms with Gasteiger partial charge < -0.3 is 14.7 Å². The number of anilines is 9. The Labute approximate surface area is 454 Å². The minimum absolute atomic E-state index is 0.00742. The van der Waals surface area contributed by atoms with Gasteiger partial charge in [0.15, 0.2) is 0 Å². The van der Waals surface area contributed by atoms with E-state index in [1.165, 1.54) is 117 Å². The van der Waals surface area contributed by atoms with E-state index < -0.39 is 0 Å². The van der Waals surface area contributed by atoms with Gasteiger partial charge in [-0.3, -0.25) is 0 Å². The van der Waals surface area contributed by atoms with Crippen molar-refractivity contribution in [3.05, 3.63) is 183 Å². The van der Waals surface area contributed by atoms with Crippen molar-refractivity contribution in [1.29, 1.82) is 0 Å². The Morgan fingerprint density at radius 1 is 0.440 bits per heavy atom. The van der Waals surface area contributed by atoms with Gasteiger partial charge in [0, 0.05) is 39.7 Å². The quantitative estimate of drug-likeness (QED) is 0.147. The Kier molecular flexibility index (Phi) is 13.4. The van der Waals surface area contributed by atoms with Crippen LogP contribution in [0.3, 0.4) is 0 Å². The lowest BCUT2D eigenvalue weighted by atomic mass is 9.33. The van der Waals surface area contributed by atoms with Gasteiger partial charge in [-0.25, -0.2) is 0 Å². The number of allylic oxidation sites excluding steroid dienone is 1. The number of benzene rings is 7. The number of aryl methyl sites for hydroxylation is 5. The molecule has 0 atom stereocenters. The largest absolute Gasteiger partial charge is 0.311 e. The lowest BCUT2D eigenvalue weighted by Gasteiger charge is -2.47. The predicted molar refractivity (Wildman–Crippen MR) is 332 cm³/mol. The molecule has 388 valence electrons. The first-order valence-corrected chi connectivity index (χ1v) is 27.9. The molecule has 0 aliphatic carbocycles. The van der Waals surface area contributed by atoms with Crippen LogP contribution in [-0.4, -0.2) is 6.71 Å². The molecule has 0 bridgehead atoms. The number of hydrogen-bond donors (Lipinski definition) is 0. The number of rotatable bonds is 7. The summed E-state index contributed by atoms with van der Waals surface area (Å²) in [6, 6.07) is 46.0. The third-order valence-electron chi connectivity index (χ3n) is 16.3. The molecule has 9 rings (SSSR count). The molecule has 0 spiro atoms. The molecule has 2 aliphatic rings. The first-order chi connectivity index (χ1) is 34.9. The minimum atomic E-state index is -0.155. The second-order valence-corrected chi connectivity index (χ2v) is 27.3. The van der Waals surface area contributed by atoms with Crippen LogP contribution in [0.25, 0.3) is 6.08 Å². The number of fused-ring (bicyclic) bond motifs is 4. The van der Waals surface area contributed by atoms with Crippen molar-refractivity contribution in [3.8, 4) is 0 Å². The van der Waals surface area contributed by atoms with Crippen LogP contribution in [0, 0.1) is 27.7 Å². The van der Waals surface area contributed by atoms with E-state index in [2.05, 4.69) is 288 Å². The number of hydrogen-bond acceptors (Lipinski definition) is 3. The molecule has 0 aromatic heterocycles. The normalized spacial score (nSPS) is 13.9. The van der Waals surface area contributed by atoms with Gasteiger partial charge in [-0.05, 0) is 189 Å². The Morgan fingerprint density at radius 2 is 0.840 bits per heavy atom. The minimum Gasteiger partial charge on any atom is -0.311 e. The smallest absolute Gasteiger partial charge is 0.252 e. The maximum absolute atomic E-state index is 2.69. The zero-order valence-corrected chi connectivity index (χ0v) is 49.8. The maximum Gasteiger partial charge on any atom is 0.252 e. The van der Waals surface area contributed by atoms with Gasteiger partial charge in [-0.15, -0.1) is 0 Å². The van der Waals surface area contributed by atoms with Gasteiger partial charge in [-0.1, -0.05) is 190 Å². The molecule has 0 saturated heterocycles. The Bertz CT molecular complexity index is 3340. The first-order valence-electron chi connectivity index (χ1n) is 27.9. The van der Waals surface area contributed by atoms with Crippen LogP contribution < -0.4 is 31.1 Å². The summed E-state index contributed by atoms with van der Waals surface area (Å²) in [5, 5.41) is 0. The highest BCUT2D eigenvalue weighted by atomic mass is 15.2. The SMILES string of the molecule is C/C=C\c1c(CC)cccc1N(c1ccc(C(C)(C)C)cc1)c1ccc2c(c1)N(c1c(C)cc(C(C)(C)C)cc1C)c1cc(C(C)(C)C)cc3c1B2c1ccc(C(C)(C)C)cc1N3c1c(C)cc(C(C)(C)C)cc1C. The van der Waals surface area contributed by atoms with Gasteiger partial charge in [0.1, 0.15) is 0 Å². The molecule has 0 N–H and O–H groups in total. The van der Waals surface area contributed by atoms with Crippen molar-refractivity contribution in [2.45, 2.75) is 179 Å². The maximum atomic E-state index is 2.69. The van der Waals surface area contributed by atoms with E-state index in [4.69, 9.17) is 0 Å². The van der Waals surface area contributed by atoms with E-state index in [1.54, 1.807) is 0 Å². The Balaban J connectivity index is 1.44. The van der Waals surface area contributed by atoms with Crippen LogP contribution >= 0.6 is 0 Å². The van der Waals surface area contributed by atoms with Crippen molar-refractivity contribution in [2.24, 2.45) is 0 Å². The van der Waals surface area contributed by atoms with Crippen molar-refractivity contribution >= 4 is 80.4 Å². The van der Waals surface area contributed by atoms with Crippen molar-refractivity contribution in [1.82, 2.24) is 0 Å². The van der Waals surface area contributed by atoms with Gasteiger partial charge in [0.05, 0.1) is 17.1 Å². The van der Waals surface area contributed by atoms with Gasteiger partial charge >= 0.3 is 0 Å². The Morgan fingerprint density at radius 3 is 1.28 bits per heavy atom. The van der Waals surface area contributed by atoms with E-state index in [0.29, 0.717) is 0 Å². The van der Waals surface area contributed by atoms with E-state index in [-0.39, 0.29) is 33.8 Å². The molecule has 3 nitrogen and oxygen atoms in total. The monoisotopic (exact) mass is 992 g/mol. The molecule has 2 aliphatic heterocycles. The summed E-state index contributed by atoms with van der Waals surface area (Å²) in [6.45, 7) is 48.9. The van der Waals surface area contributed by atoms with Crippen LogP contribution in [0.4, 0.5) is 51.2 Å². The highest BCUT2D eigenvalue weighted by Gasteiger charge is 2.46. The van der Waals surface area contributed by atoms with E-state index in [0.717, 1.165) is 17.8 Å². The van der Waals surface area contributed by atoms with Gasteiger partial charge in [0.2, 0.25) is 0 Å². The summed E-state index contributed by atoms with van der Waals surface area (Å²) in [7, 11) is 0. The summed E-state index contributed by atoms with van der Waals surface area (Å²) in [6.07, 6.45) is 5.44. The molecule has 0 fully saturated rings. The number of nitrogens with zero attached hydrogens (tertiary/aromatic N) is 3. The lowest BCUT2D eigenvalue weighted by molar-refractivity contribution is 0.588. The zero-order valence-electron chi connectivity index (χ0n) is 49.8. The molecule has 4 heteroatoms. The van der Waals surface area contributed by atoms with Crippen LogP contribution in [0.2, 0.25) is 0 Å². The first kappa shape index (κ1) is 53.6. The van der Waals surface area contributed by atoms with Crippen LogP contribution in [0.1, 0.15) is 179 Å². The molecule has 0 saturated carbocycles. The van der Waals surface area contributed by atoms with Crippen molar-refractivity contribution < 1.29 is 0 Å². The highest BCUT2D eigenvalue weighted by molar-refractivity contribution is 7.00. The standard InChI is InChI=1S/C71H86BN3/c1-22-25-56-48(23-2)26-24-27-59(56)73(54-31-28-49(29-32-54)67(7,8)9)55-33-35-58-61(43-55)75(66-46(5)38-52(39-47(66)6)70(16,17)18)63-42-53(71(19,20)21)41-62-64(63)72(58)57-34-30-50(68(10,11)12)40-60(57)74(62)65-44(3)36-51(37-45(65)4)69(13,14)15/h22,24-43H,23H2,1-21H3/b25-22-.